The van der Waals surface area contributed by atoms with E-state index in [9.17, 15) is 17.6 Å². The number of halogens is 4. The molecule has 1 fully saturated rings. The topological polar surface area (TPSA) is 27.7 Å². The highest BCUT2D eigenvalue weighted by molar-refractivity contribution is 5.32. The fraction of sp³-hybridized carbons (Fsp3) is 0.478. The zero-order chi connectivity index (χ0) is 21.7. The molecule has 0 atom stereocenters. The van der Waals surface area contributed by atoms with Crippen LogP contribution in [0.1, 0.15) is 49.7 Å². The van der Waals surface area contributed by atoms with Crippen molar-refractivity contribution < 1.29 is 31.8 Å². The highest BCUT2D eigenvalue weighted by atomic mass is 19.2. The lowest BCUT2D eigenvalue weighted by molar-refractivity contribution is -0.239. The van der Waals surface area contributed by atoms with Crippen molar-refractivity contribution in [3.05, 3.63) is 64.5 Å². The van der Waals surface area contributed by atoms with Crippen molar-refractivity contribution in [1.82, 2.24) is 0 Å². The maximum absolute atomic E-state index is 14.6. The molecule has 0 amide bonds. The smallest absolute Gasteiger partial charge is 0.200 e. The molecule has 0 radical (unpaired) electrons. The number of hydrogen-bond donors (Lipinski definition) is 0. The van der Waals surface area contributed by atoms with Gasteiger partial charge in [0.2, 0.25) is 5.82 Å². The summed E-state index contributed by atoms with van der Waals surface area (Å²) < 4.78 is 73.1. The minimum atomic E-state index is -1.51. The minimum absolute atomic E-state index is 0.0997. The average molecular weight is 426 g/mol. The Kier molecular flexibility index (Phi) is 7.36. The first-order valence-electron chi connectivity index (χ1n) is 10.2. The molecule has 2 aromatic rings. The van der Waals surface area contributed by atoms with E-state index in [2.05, 4.69) is 0 Å². The third-order valence-corrected chi connectivity index (χ3v) is 5.12. The second kappa shape index (κ2) is 9.79. The standard InChI is InChI=1S/C23H26F4O3/c1-3-11-23(27)13-29-22(30-14-23)17-8-6-15(18(24)12-17)5-7-16-9-10-19(28-4-2)21(26)20(16)25/h6,8-10,12,22H,3-5,7,11,13-14H2,1-2H3. The Labute approximate surface area is 173 Å². The number of benzene rings is 2. The third kappa shape index (κ3) is 5.13. The van der Waals surface area contributed by atoms with E-state index in [1.54, 1.807) is 19.1 Å². The monoisotopic (exact) mass is 426 g/mol. The Balaban J connectivity index is 1.63. The van der Waals surface area contributed by atoms with Gasteiger partial charge in [0.05, 0.1) is 19.8 Å². The van der Waals surface area contributed by atoms with Crippen molar-refractivity contribution in [2.24, 2.45) is 0 Å². The molecule has 0 unspecified atom stereocenters. The zero-order valence-corrected chi connectivity index (χ0v) is 17.2. The first-order chi connectivity index (χ1) is 14.4. The molecule has 3 rings (SSSR count). The summed E-state index contributed by atoms with van der Waals surface area (Å²) in [6.45, 7) is 3.59. The van der Waals surface area contributed by atoms with Crippen molar-refractivity contribution in [3.63, 3.8) is 0 Å². The van der Waals surface area contributed by atoms with Crippen LogP contribution in [-0.4, -0.2) is 25.5 Å². The van der Waals surface area contributed by atoms with Gasteiger partial charge in [0.15, 0.2) is 23.5 Å². The Hall–Kier alpha value is -2.12. The van der Waals surface area contributed by atoms with Crippen LogP contribution in [0, 0.1) is 17.5 Å². The van der Waals surface area contributed by atoms with E-state index in [1.165, 1.54) is 18.2 Å². The van der Waals surface area contributed by atoms with Crippen molar-refractivity contribution in [2.75, 3.05) is 19.8 Å². The molecular weight excluding hydrogens is 400 g/mol. The summed E-state index contributed by atoms with van der Waals surface area (Å²) in [6.07, 6.45) is 0.508. The lowest BCUT2D eigenvalue weighted by atomic mass is 10.00. The van der Waals surface area contributed by atoms with E-state index in [1.807, 2.05) is 6.92 Å². The third-order valence-electron chi connectivity index (χ3n) is 5.12. The lowest BCUT2D eigenvalue weighted by Crippen LogP contribution is -2.41. The van der Waals surface area contributed by atoms with Crippen LogP contribution in [0.3, 0.4) is 0 Å². The van der Waals surface area contributed by atoms with Crippen molar-refractivity contribution in [3.8, 4) is 5.75 Å². The van der Waals surface area contributed by atoms with Crippen LogP contribution in [0.2, 0.25) is 0 Å². The first kappa shape index (κ1) is 22.6. The minimum Gasteiger partial charge on any atom is -0.491 e. The molecular formula is C23H26F4O3. The van der Waals surface area contributed by atoms with Gasteiger partial charge in [0, 0.05) is 5.56 Å². The van der Waals surface area contributed by atoms with Crippen LogP contribution in [0.5, 0.6) is 5.75 Å². The lowest BCUT2D eigenvalue weighted by Gasteiger charge is -2.34. The molecule has 164 valence electrons. The summed E-state index contributed by atoms with van der Waals surface area (Å²) >= 11 is 0. The van der Waals surface area contributed by atoms with Gasteiger partial charge >= 0.3 is 0 Å². The van der Waals surface area contributed by atoms with Crippen LogP contribution < -0.4 is 4.74 Å². The predicted molar refractivity (Wildman–Crippen MR) is 105 cm³/mol. The summed E-state index contributed by atoms with van der Waals surface area (Å²) in [4.78, 5) is 0. The van der Waals surface area contributed by atoms with Crippen molar-refractivity contribution in [2.45, 2.75) is 51.5 Å². The Morgan fingerprint density at radius 2 is 1.63 bits per heavy atom. The van der Waals surface area contributed by atoms with E-state index in [0.717, 1.165) is 0 Å². The van der Waals surface area contributed by atoms with E-state index in [0.29, 0.717) is 24.0 Å². The summed E-state index contributed by atoms with van der Waals surface area (Å²) in [5.41, 5.74) is -0.559. The molecule has 0 bridgehead atoms. The van der Waals surface area contributed by atoms with Gasteiger partial charge in [-0.1, -0.05) is 31.5 Å². The molecule has 0 saturated carbocycles. The van der Waals surface area contributed by atoms with Gasteiger partial charge in [0.1, 0.15) is 5.82 Å². The van der Waals surface area contributed by atoms with Crippen LogP contribution in [0.15, 0.2) is 30.3 Å². The maximum Gasteiger partial charge on any atom is 0.200 e. The van der Waals surface area contributed by atoms with Gasteiger partial charge in [-0.3, -0.25) is 0 Å². The normalized spacial score (nSPS) is 21.6. The molecule has 30 heavy (non-hydrogen) atoms. The van der Waals surface area contributed by atoms with Gasteiger partial charge in [0.25, 0.3) is 0 Å². The second-order valence-corrected chi connectivity index (χ2v) is 7.49. The summed E-state index contributed by atoms with van der Waals surface area (Å²) in [5.74, 6) is -2.66. The Bertz CT molecular complexity index is 864. The highest BCUT2D eigenvalue weighted by Gasteiger charge is 2.36. The number of ether oxygens (including phenoxy) is 3. The molecule has 0 N–H and O–H groups in total. The van der Waals surface area contributed by atoms with Crippen LogP contribution in [0.4, 0.5) is 17.6 Å². The van der Waals surface area contributed by atoms with Crippen molar-refractivity contribution in [1.29, 1.82) is 0 Å². The maximum atomic E-state index is 14.6. The van der Waals surface area contributed by atoms with Gasteiger partial charge in [-0.2, -0.15) is 4.39 Å². The summed E-state index contributed by atoms with van der Waals surface area (Å²) in [7, 11) is 0. The molecule has 0 aromatic heterocycles. The second-order valence-electron chi connectivity index (χ2n) is 7.49. The van der Waals surface area contributed by atoms with E-state index >= 15 is 0 Å². The van der Waals surface area contributed by atoms with Crippen LogP contribution in [-0.2, 0) is 22.3 Å². The first-order valence-corrected chi connectivity index (χ1v) is 10.2. The molecule has 1 aliphatic rings. The molecule has 1 aliphatic heterocycles. The molecule has 1 saturated heterocycles. The molecule has 2 aromatic carbocycles. The summed E-state index contributed by atoms with van der Waals surface area (Å²) in [5, 5.41) is 0. The fourth-order valence-electron chi connectivity index (χ4n) is 3.54. The quantitative estimate of drug-likeness (QED) is 0.496. The molecule has 7 heteroatoms. The number of aryl methyl sites for hydroxylation is 2. The number of alkyl halides is 1. The molecule has 0 spiro atoms. The van der Waals surface area contributed by atoms with E-state index in [-0.39, 0.29) is 44.0 Å². The molecule has 1 heterocycles. The fourth-order valence-corrected chi connectivity index (χ4v) is 3.54. The Morgan fingerprint density at radius 3 is 2.27 bits per heavy atom. The van der Waals surface area contributed by atoms with Gasteiger partial charge < -0.3 is 14.2 Å². The average Bonchev–Trinajstić information content (AvgIpc) is 2.72. The van der Waals surface area contributed by atoms with Gasteiger partial charge in [-0.25, -0.2) is 13.2 Å². The Morgan fingerprint density at radius 1 is 0.967 bits per heavy atom. The van der Waals surface area contributed by atoms with Crippen LogP contribution >= 0.6 is 0 Å². The summed E-state index contributed by atoms with van der Waals surface area (Å²) in [6, 6.07) is 7.30. The van der Waals surface area contributed by atoms with Gasteiger partial charge in [-0.05, 0) is 49.4 Å². The SMILES string of the molecule is CCCC1(F)COC(c2ccc(CCc3ccc(OCC)c(F)c3F)c(F)c2)OC1. The molecule has 3 nitrogen and oxygen atoms in total. The largest absolute Gasteiger partial charge is 0.491 e. The van der Waals surface area contributed by atoms with E-state index < -0.39 is 29.4 Å². The van der Waals surface area contributed by atoms with Gasteiger partial charge in [-0.15, -0.1) is 0 Å². The van der Waals surface area contributed by atoms with Crippen molar-refractivity contribution >= 4 is 0 Å². The predicted octanol–water partition coefficient (Wildman–Crippen LogP) is 5.84. The number of hydrogen-bond acceptors (Lipinski definition) is 3. The zero-order valence-electron chi connectivity index (χ0n) is 17.2. The van der Waals surface area contributed by atoms with Crippen LogP contribution in [0.25, 0.3) is 0 Å². The van der Waals surface area contributed by atoms with E-state index in [4.69, 9.17) is 14.2 Å². The molecule has 0 aliphatic carbocycles. The highest BCUT2D eigenvalue weighted by Crippen LogP contribution is 2.32. The number of rotatable bonds is 8.